The van der Waals surface area contributed by atoms with E-state index in [0.717, 1.165) is 43.1 Å². The summed E-state index contributed by atoms with van der Waals surface area (Å²) in [4.78, 5) is 2.36. The number of hydrogen-bond donors (Lipinski definition) is 1. The second-order valence-electron chi connectivity index (χ2n) is 4.98. The fraction of sp³-hybridized carbons (Fsp3) is 0.600. The van der Waals surface area contributed by atoms with Crippen molar-refractivity contribution in [1.29, 1.82) is 0 Å². The van der Waals surface area contributed by atoms with Crippen molar-refractivity contribution in [1.82, 2.24) is 0 Å². The van der Waals surface area contributed by atoms with Gasteiger partial charge < -0.3 is 15.4 Å². The maximum absolute atomic E-state index is 6.31. The van der Waals surface area contributed by atoms with Crippen LogP contribution in [0.1, 0.15) is 25.3 Å². The van der Waals surface area contributed by atoms with E-state index < -0.39 is 0 Å². The highest BCUT2D eigenvalue weighted by Crippen LogP contribution is 2.27. The third-order valence-corrected chi connectivity index (χ3v) is 3.95. The van der Waals surface area contributed by atoms with Gasteiger partial charge in [0.25, 0.3) is 0 Å². The Balaban J connectivity index is 2.06. The zero-order chi connectivity index (χ0) is 13.7. The predicted octanol–water partition coefficient (Wildman–Crippen LogP) is 2.85. The van der Waals surface area contributed by atoms with Crippen molar-refractivity contribution in [2.75, 3.05) is 31.1 Å². The summed E-state index contributed by atoms with van der Waals surface area (Å²) >= 11 is 6.31. The summed E-state index contributed by atoms with van der Waals surface area (Å²) in [5.74, 6) is 0. The number of hydrogen-bond acceptors (Lipinski definition) is 3. The van der Waals surface area contributed by atoms with Gasteiger partial charge in [-0.2, -0.15) is 0 Å². The van der Waals surface area contributed by atoms with Gasteiger partial charge >= 0.3 is 0 Å². The van der Waals surface area contributed by atoms with E-state index in [4.69, 9.17) is 22.1 Å². The summed E-state index contributed by atoms with van der Waals surface area (Å²) in [7, 11) is 0. The Morgan fingerprint density at radius 3 is 3.00 bits per heavy atom. The molecule has 0 aliphatic carbocycles. The molecule has 0 radical (unpaired) electrons. The van der Waals surface area contributed by atoms with Gasteiger partial charge in [-0.3, -0.25) is 0 Å². The van der Waals surface area contributed by atoms with Crippen LogP contribution in [0.2, 0.25) is 5.02 Å². The fourth-order valence-electron chi connectivity index (χ4n) is 2.64. The minimum atomic E-state index is 0.348. The van der Waals surface area contributed by atoms with Crippen LogP contribution in [0, 0.1) is 0 Å². The Morgan fingerprint density at radius 2 is 2.32 bits per heavy atom. The van der Waals surface area contributed by atoms with Crippen molar-refractivity contribution in [3.05, 3.63) is 28.8 Å². The molecule has 4 heteroatoms. The molecule has 19 heavy (non-hydrogen) atoms. The monoisotopic (exact) mass is 282 g/mol. The first-order chi connectivity index (χ1) is 9.24. The van der Waals surface area contributed by atoms with Gasteiger partial charge in [0.15, 0.2) is 0 Å². The molecule has 0 aromatic heterocycles. The molecule has 1 aliphatic rings. The van der Waals surface area contributed by atoms with E-state index in [1.807, 2.05) is 0 Å². The van der Waals surface area contributed by atoms with E-state index in [-0.39, 0.29) is 0 Å². The van der Waals surface area contributed by atoms with Gasteiger partial charge in [0.1, 0.15) is 0 Å². The third-order valence-electron chi connectivity index (χ3n) is 3.60. The Morgan fingerprint density at radius 1 is 1.47 bits per heavy atom. The minimum Gasteiger partial charge on any atom is -0.377 e. The molecule has 1 fully saturated rings. The summed E-state index contributed by atoms with van der Waals surface area (Å²) in [5.41, 5.74) is 7.90. The number of ether oxygens (including phenoxy) is 1. The fourth-order valence-corrected chi connectivity index (χ4v) is 2.90. The van der Waals surface area contributed by atoms with Gasteiger partial charge in [-0.15, -0.1) is 0 Å². The molecule has 0 bridgehead atoms. The van der Waals surface area contributed by atoms with E-state index in [9.17, 15) is 0 Å². The lowest BCUT2D eigenvalue weighted by molar-refractivity contribution is 0.0527. The molecule has 0 amide bonds. The standard InChI is InChI=1S/C15H23ClN2O/c1-2-19-14-4-3-9-18(11-14)13-6-5-12(7-8-17)15(16)10-13/h5-6,10,14H,2-4,7-9,11,17H2,1H3. The van der Waals surface area contributed by atoms with Gasteiger partial charge in [-0.05, 0) is 50.4 Å². The molecule has 1 unspecified atom stereocenters. The smallest absolute Gasteiger partial charge is 0.0750 e. The van der Waals surface area contributed by atoms with Crippen LogP contribution < -0.4 is 10.6 Å². The molecule has 2 rings (SSSR count). The maximum Gasteiger partial charge on any atom is 0.0750 e. The van der Waals surface area contributed by atoms with Crippen molar-refractivity contribution in [3.63, 3.8) is 0 Å². The van der Waals surface area contributed by atoms with E-state index in [0.29, 0.717) is 12.6 Å². The first-order valence-corrected chi connectivity index (χ1v) is 7.47. The van der Waals surface area contributed by atoms with Crippen molar-refractivity contribution in [2.24, 2.45) is 5.73 Å². The number of benzene rings is 1. The first-order valence-electron chi connectivity index (χ1n) is 7.09. The number of anilines is 1. The third kappa shape index (κ3) is 3.85. The van der Waals surface area contributed by atoms with Gasteiger partial charge in [-0.1, -0.05) is 17.7 Å². The molecular weight excluding hydrogens is 260 g/mol. The Labute approximate surface area is 120 Å². The summed E-state index contributed by atoms with van der Waals surface area (Å²) in [6.07, 6.45) is 3.51. The van der Waals surface area contributed by atoms with Crippen LogP contribution in [0.25, 0.3) is 0 Å². The van der Waals surface area contributed by atoms with Crippen LogP contribution in [-0.4, -0.2) is 32.3 Å². The molecule has 1 aromatic rings. The molecule has 1 heterocycles. The zero-order valence-corrected chi connectivity index (χ0v) is 12.3. The van der Waals surface area contributed by atoms with Crippen LogP contribution in [0.5, 0.6) is 0 Å². The highest BCUT2D eigenvalue weighted by atomic mass is 35.5. The van der Waals surface area contributed by atoms with E-state index in [1.54, 1.807) is 0 Å². The largest absolute Gasteiger partial charge is 0.377 e. The first kappa shape index (κ1) is 14.6. The van der Waals surface area contributed by atoms with Gasteiger partial charge in [0, 0.05) is 30.4 Å². The van der Waals surface area contributed by atoms with E-state index in [2.05, 4.69) is 30.0 Å². The molecule has 2 N–H and O–H groups in total. The number of nitrogens with two attached hydrogens (primary N) is 1. The van der Waals surface area contributed by atoms with Crippen LogP contribution in [0.3, 0.4) is 0 Å². The quantitative estimate of drug-likeness (QED) is 0.902. The molecule has 1 aromatic carbocycles. The lowest BCUT2D eigenvalue weighted by atomic mass is 10.1. The summed E-state index contributed by atoms with van der Waals surface area (Å²) < 4.78 is 5.74. The van der Waals surface area contributed by atoms with Crippen molar-refractivity contribution >= 4 is 17.3 Å². The lowest BCUT2D eigenvalue weighted by Gasteiger charge is -2.34. The van der Waals surface area contributed by atoms with E-state index >= 15 is 0 Å². The van der Waals surface area contributed by atoms with Gasteiger partial charge in [-0.25, -0.2) is 0 Å². The van der Waals surface area contributed by atoms with Crippen LogP contribution in [0.4, 0.5) is 5.69 Å². The van der Waals surface area contributed by atoms with Crippen LogP contribution >= 0.6 is 11.6 Å². The van der Waals surface area contributed by atoms with Gasteiger partial charge in [0.05, 0.1) is 6.10 Å². The zero-order valence-electron chi connectivity index (χ0n) is 11.6. The predicted molar refractivity (Wildman–Crippen MR) is 81.1 cm³/mol. The van der Waals surface area contributed by atoms with Crippen molar-refractivity contribution in [2.45, 2.75) is 32.3 Å². The number of nitrogens with zero attached hydrogens (tertiary/aromatic N) is 1. The van der Waals surface area contributed by atoms with E-state index in [1.165, 1.54) is 12.1 Å². The molecule has 106 valence electrons. The molecule has 1 saturated heterocycles. The molecule has 1 aliphatic heterocycles. The Hall–Kier alpha value is -0.770. The highest BCUT2D eigenvalue weighted by Gasteiger charge is 2.20. The van der Waals surface area contributed by atoms with Crippen molar-refractivity contribution in [3.8, 4) is 0 Å². The topological polar surface area (TPSA) is 38.5 Å². The Bertz CT molecular complexity index is 409. The maximum atomic E-state index is 6.31. The minimum absolute atomic E-state index is 0.348. The summed E-state index contributed by atoms with van der Waals surface area (Å²) in [6, 6.07) is 6.29. The number of rotatable bonds is 5. The van der Waals surface area contributed by atoms with Crippen molar-refractivity contribution < 1.29 is 4.74 Å². The molecule has 3 nitrogen and oxygen atoms in total. The molecular formula is C15H23ClN2O. The van der Waals surface area contributed by atoms with Crippen LogP contribution in [-0.2, 0) is 11.2 Å². The molecule has 1 atom stereocenters. The average molecular weight is 283 g/mol. The van der Waals surface area contributed by atoms with Gasteiger partial charge in [0.2, 0.25) is 0 Å². The lowest BCUT2D eigenvalue weighted by Crippen LogP contribution is -2.39. The number of piperidine rings is 1. The average Bonchev–Trinajstić information content (AvgIpc) is 2.42. The summed E-state index contributed by atoms with van der Waals surface area (Å²) in [5, 5.41) is 0.821. The number of halogens is 1. The van der Waals surface area contributed by atoms with Crippen LogP contribution in [0.15, 0.2) is 18.2 Å². The second kappa shape index (κ2) is 7.13. The SMILES string of the molecule is CCOC1CCCN(c2ccc(CCN)c(Cl)c2)C1. The summed E-state index contributed by atoms with van der Waals surface area (Å²) in [6.45, 7) is 5.51. The molecule has 0 saturated carbocycles. The second-order valence-corrected chi connectivity index (χ2v) is 5.39. The molecule has 0 spiro atoms. The normalized spacial score (nSPS) is 19.7. The highest BCUT2D eigenvalue weighted by molar-refractivity contribution is 6.31. The Kier molecular flexibility index (Phi) is 5.49.